The molecule has 534 valence electrons. The Bertz CT molecular complexity index is 7950. The second-order valence-electron chi connectivity index (χ2n) is 29.5. The summed E-state index contributed by atoms with van der Waals surface area (Å²) < 4.78 is 69.4. The first-order chi connectivity index (χ1) is 55.4. The van der Waals surface area contributed by atoms with Gasteiger partial charge in [-0.15, -0.1) is 0 Å². The summed E-state index contributed by atoms with van der Waals surface area (Å²) in [6.45, 7) is 2.32. The van der Waals surface area contributed by atoms with Crippen LogP contribution in [0.3, 0.4) is 0 Å². The molecule has 0 fully saturated rings. The molecule has 14 heteroatoms. The fourth-order valence-electron chi connectivity index (χ4n) is 18.5. The van der Waals surface area contributed by atoms with E-state index in [0.717, 1.165) is 165 Å². The molecule has 22 rings (SSSR count). The molecule has 0 spiro atoms. The number of anilines is 2. The summed E-state index contributed by atoms with van der Waals surface area (Å²) in [7, 11) is -7.91. The Labute approximate surface area is 648 Å². The van der Waals surface area contributed by atoms with E-state index in [0.29, 0.717) is 11.1 Å². The van der Waals surface area contributed by atoms with Crippen molar-refractivity contribution in [3.8, 4) is 51.7 Å². The van der Waals surface area contributed by atoms with Crippen LogP contribution in [0.25, 0.3) is 150 Å². The lowest BCUT2D eigenvalue weighted by atomic mass is 9.79. The first-order valence-electron chi connectivity index (χ1n) is 37.5. The number of fused-ring (bicyclic) bond motifs is 21. The van der Waals surface area contributed by atoms with Crippen LogP contribution in [0.1, 0.15) is 29.5 Å². The minimum Gasteiger partial charge on any atom is -0.329 e. The van der Waals surface area contributed by atoms with Gasteiger partial charge in [-0.1, -0.05) is 164 Å². The summed E-state index contributed by atoms with van der Waals surface area (Å²) in [5.74, 6) is -0.164. The maximum Gasteiger partial charge on any atom is 0.206 e. The predicted octanol–water partition coefficient (Wildman–Crippen LogP) is 21.4. The quantitative estimate of drug-likeness (QED) is 0.125. The molecule has 2 atom stereocenters. The number of para-hydroxylation sites is 6. The van der Waals surface area contributed by atoms with Gasteiger partial charge in [0.1, 0.15) is 0 Å². The molecule has 15 aromatic carbocycles. The first-order valence-corrected chi connectivity index (χ1v) is 40.5. The molecule has 0 radical (unpaired) electrons. The second-order valence-corrected chi connectivity index (χ2v) is 33.4. The molecule has 6 heterocycles. The van der Waals surface area contributed by atoms with Gasteiger partial charge in [-0.3, -0.25) is 0 Å². The summed E-state index contributed by atoms with van der Waals surface area (Å²) in [5, 5.41) is 31.1. The first kappa shape index (κ1) is 65.5. The molecule has 5 aromatic heterocycles. The topological polar surface area (TPSA) is 144 Å². The van der Waals surface area contributed by atoms with Crippen LogP contribution in [0.2, 0.25) is 0 Å². The van der Waals surface area contributed by atoms with Gasteiger partial charge in [0.25, 0.3) is 0 Å². The molecule has 113 heavy (non-hydrogen) atoms. The van der Waals surface area contributed by atoms with Gasteiger partial charge in [-0.2, -0.15) is 10.5 Å². The van der Waals surface area contributed by atoms with E-state index in [9.17, 15) is 27.4 Å². The van der Waals surface area contributed by atoms with Crippen molar-refractivity contribution < 1.29 is 16.8 Å². The Morgan fingerprint density at radius 2 is 0.681 bits per heavy atom. The lowest BCUT2D eigenvalue weighted by Crippen LogP contribution is -2.48. The number of nitrogens with zero attached hydrogens (tertiary/aromatic N) is 8. The molecule has 1 aliphatic carbocycles. The Morgan fingerprint density at radius 1 is 0.310 bits per heavy atom. The summed E-state index contributed by atoms with van der Waals surface area (Å²) in [6, 6.07) is 118. The highest BCUT2D eigenvalue weighted by Crippen LogP contribution is 2.58. The lowest BCUT2D eigenvalue weighted by molar-refractivity contribution is 0.589. The van der Waals surface area contributed by atoms with E-state index < -0.39 is 25.2 Å². The average molecular weight is 1490 g/mol. The van der Waals surface area contributed by atoms with Crippen LogP contribution in [0.5, 0.6) is 0 Å². The van der Waals surface area contributed by atoms with Gasteiger partial charge in [0.05, 0.1) is 109 Å². The van der Waals surface area contributed by atoms with Gasteiger partial charge in [0.15, 0.2) is 0 Å². The molecular weight excluding hydrogens is 1430 g/mol. The molecule has 2 unspecified atom stereocenters. The van der Waals surface area contributed by atoms with Gasteiger partial charge in [0, 0.05) is 93.7 Å². The smallest absolute Gasteiger partial charge is 0.206 e. The fraction of sp³-hybridized carbons (Fsp3) is 0.0303. The van der Waals surface area contributed by atoms with E-state index in [1.165, 1.54) is 48.5 Å². The van der Waals surface area contributed by atoms with Crippen molar-refractivity contribution in [3.63, 3.8) is 0 Å². The summed E-state index contributed by atoms with van der Waals surface area (Å²) in [5.41, 5.74) is 19.3. The van der Waals surface area contributed by atoms with E-state index in [2.05, 4.69) is 296 Å². The highest BCUT2D eigenvalue weighted by atomic mass is 32.2. The van der Waals surface area contributed by atoms with E-state index in [-0.39, 0.29) is 25.5 Å². The van der Waals surface area contributed by atoms with Gasteiger partial charge >= 0.3 is 0 Å². The average Bonchev–Trinajstić information content (AvgIpc) is 1.53. The minimum atomic E-state index is -3.96. The van der Waals surface area contributed by atoms with E-state index in [4.69, 9.17) is 0 Å². The third-order valence-electron chi connectivity index (χ3n) is 23.6. The molecule has 2 aliphatic rings. The molecular formula is C99H62N8O4S2. The summed E-state index contributed by atoms with van der Waals surface area (Å²) in [6.07, 6.45) is 4.90. The van der Waals surface area contributed by atoms with Crippen molar-refractivity contribution in [2.45, 2.75) is 38.0 Å². The SMILES string of the molecule is CC12C=c3c(n(-c4ccccc4)c4ccccc34)=CC1c1ccc3c4ccccc4n(-c4ccc(-c5ccc(-n6c7ccccc7c7c6ccc6c8ccc9c%10ccccc%10n(-c%10ccccc%10)c9c8n(-c8ccc(S(=O)(=O)c9ccc(C#N)cc9)cc8)c67)cc5)cc4)c3c1N2c1ccc(S(=O)(=O)c2ccc(C#N)cc2)cc1. The van der Waals surface area contributed by atoms with Crippen molar-refractivity contribution in [1.82, 2.24) is 22.8 Å². The third-order valence-corrected chi connectivity index (χ3v) is 27.2. The Morgan fingerprint density at radius 3 is 1.22 bits per heavy atom. The van der Waals surface area contributed by atoms with E-state index >= 15 is 0 Å². The normalized spacial score (nSPS) is 14.8. The van der Waals surface area contributed by atoms with Crippen LogP contribution in [0, 0.1) is 22.7 Å². The number of aromatic nitrogens is 5. The van der Waals surface area contributed by atoms with Gasteiger partial charge in [-0.25, -0.2) is 16.8 Å². The Balaban J connectivity index is 0.690. The zero-order chi connectivity index (χ0) is 75.8. The van der Waals surface area contributed by atoms with Crippen molar-refractivity contribution in [2.24, 2.45) is 0 Å². The van der Waals surface area contributed by atoms with Gasteiger partial charge in [-0.05, 0) is 212 Å². The van der Waals surface area contributed by atoms with Crippen LogP contribution in [-0.4, -0.2) is 45.2 Å². The zero-order valence-electron chi connectivity index (χ0n) is 60.6. The number of rotatable bonds is 11. The number of hydrogen-bond acceptors (Lipinski definition) is 7. The van der Waals surface area contributed by atoms with Crippen LogP contribution in [0.4, 0.5) is 11.4 Å². The van der Waals surface area contributed by atoms with Crippen molar-refractivity contribution in [3.05, 3.63) is 367 Å². The summed E-state index contributed by atoms with van der Waals surface area (Å²) >= 11 is 0. The third kappa shape index (κ3) is 9.52. The molecule has 20 aromatic rings. The fourth-order valence-corrected chi connectivity index (χ4v) is 21.1. The number of sulfone groups is 2. The van der Waals surface area contributed by atoms with Crippen LogP contribution in [-0.2, 0) is 19.7 Å². The number of nitriles is 2. The van der Waals surface area contributed by atoms with Crippen molar-refractivity contribution in [1.29, 1.82) is 10.5 Å². The number of hydrogen-bond donors (Lipinski definition) is 0. The maximum absolute atomic E-state index is 14.4. The van der Waals surface area contributed by atoms with Crippen LogP contribution in [0.15, 0.2) is 359 Å². The van der Waals surface area contributed by atoms with Crippen LogP contribution >= 0.6 is 0 Å². The van der Waals surface area contributed by atoms with Crippen molar-refractivity contribution >= 4 is 141 Å². The largest absolute Gasteiger partial charge is 0.329 e. The Kier molecular flexibility index (Phi) is 14.2. The number of benzene rings is 15. The predicted molar refractivity (Wildman–Crippen MR) is 454 cm³/mol. The standard InChI is InChI=1S/C99H62N8O4S2/c1-99-59-85-78-22-10-12-24-87(78)103(66-16-4-2-5-17-66)92(85)58-86(99)83-55-54-80-77-21-9-14-26-89(77)105(97(80)98(83)107(99)71-42-50-75(51-43-71)113(110,111)73-46-30-63(61-101)31-47-73)69-38-34-65(35-39-69)64-32-36-68(37-33-64)102-90-27-15-11-23-84(90)93-91(102)57-56-81-82-53-52-79-76-20-8-13-25-88(76)104(67-18-6-3-7-19-67)95(79)96(82)106(94(81)93)70-40-48-74(49-41-70)112(108,109)72-44-28-62(60-100)29-45-72/h2-59,86H,1H3. The van der Waals surface area contributed by atoms with E-state index in [1.54, 1.807) is 24.3 Å². The second kappa shape index (κ2) is 24.5. The molecule has 0 saturated heterocycles. The molecule has 0 N–H and O–H groups in total. The molecule has 0 bridgehead atoms. The highest BCUT2D eigenvalue weighted by Gasteiger charge is 2.50. The highest BCUT2D eigenvalue weighted by molar-refractivity contribution is 7.91. The lowest BCUT2D eigenvalue weighted by Gasteiger charge is -2.39. The monoisotopic (exact) mass is 1490 g/mol. The van der Waals surface area contributed by atoms with Crippen molar-refractivity contribution in [2.75, 3.05) is 4.90 Å². The van der Waals surface area contributed by atoms with Gasteiger partial charge in [0.2, 0.25) is 19.7 Å². The minimum absolute atomic E-state index is 0.112. The van der Waals surface area contributed by atoms with Gasteiger partial charge < -0.3 is 27.7 Å². The van der Waals surface area contributed by atoms with Crippen LogP contribution < -0.4 is 15.5 Å². The maximum atomic E-state index is 14.4. The summed E-state index contributed by atoms with van der Waals surface area (Å²) in [4.78, 5) is 2.98. The Hall–Kier alpha value is -14.5. The molecule has 12 nitrogen and oxygen atoms in total. The van der Waals surface area contributed by atoms with E-state index in [1.807, 2.05) is 30.3 Å². The molecule has 0 amide bonds. The zero-order valence-corrected chi connectivity index (χ0v) is 62.2. The molecule has 1 aliphatic heterocycles. The molecule has 0 saturated carbocycles.